The molecule has 0 amide bonds. The average molecular weight is 46.0 g/mol. The molecule has 0 bridgehead atoms. The largest absolute Gasteiger partial charge is 1.00 e. The standard InChI is InChI=1S/C2H6.2Li.2H/c1-2;;;;/h1-2H3;;;;/q;2*+1;2*-1. The third-order valence-electron chi connectivity index (χ3n) is 0. The van der Waals surface area contributed by atoms with Gasteiger partial charge in [0.1, 0.15) is 0 Å². The molecule has 0 spiro atoms. The van der Waals surface area contributed by atoms with E-state index >= 15 is 0 Å². The van der Waals surface area contributed by atoms with E-state index in [9.17, 15) is 0 Å². The molecule has 4 heavy (non-hydrogen) atoms. The molecule has 0 heterocycles. The van der Waals surface area contributed by atoms with Gasteiger partial charge in [-0.3, -0.25) is 0 Å². The first-order valence-electron chi connectivity index (χ1n) is 1.00. The van der Waals surface area contributed by atoms with Crippen molar-refractivity contribution in [3.05, 3.63) is 0 Å². The first-order chi connectivity index (χ1) is 1.00. The summed E-state index contributed by atoms with van der Waals surface area (Å²) in [6.45, 7) is 4.00. The van der Waals surface area contributed by atoms with Crippen molar-refractivity contribution in [3.8, 4) is 0 Å². The summed E-state index contributed by atoms with van der Waals surface area (Å²) < 4.78 is 0. The molecule has 0 atom stereocenters. The van der Waals surface area contributed by atoms with Gasteiger partial charge in [-0.25, -0.2) is 0 Å². The van der Waals surface area contributed by atoms with Gasteiger partial charge in [-0.2, -0.15) is 0 Å². The van der Waals surface area contributed by atoms with E-state index in [1.54, 1.807) is 0 Å². The summed E-state index contributed by atoms with van der Waals surface area (Å²) in [5, 5.41) is 0. The molecule has 18 valence electrons. The van der Waals surface area contributed by atoms with Gasteiger partial charge >= 0.3 is 37.7 Å². The first-order valence-corrected chi connectivity index (χ1v) is 1.00. The summed E-state index contributed by atoms with van der Waals surface area (Å²) >= 11 is 0. The molecule has 0 aliphatic heterocycles. The van der Waals surface area contributed by atoms with Gasteiger partial charge in [0.05, 0.1) is 0 Å². The average Bonchev–Trinajstić information content (AvgIpc) is 1.00. The van der Waals surface area contributed by atoms with Crippen molar-refractivity contribution in [3.63, 3.8) is 0 Å². The second-order valence-electron chi connectivity index (χ2n) is 0. The molecule has 0 aromatic carbocycles. The van der Waals surface area contributed by atoms with Crippen molar-refractivity contribution < 1.29 is 40.6 Å². The number of rotatable bonds is 0. The number of hydrogen-bond acceptors (Lipinski definition) is 0. The maximum absolute atomic E-state index is 2.00. The van der Waals surface area contributed by atoms with E-state index in [4.69, 9.17) is 0 Å². The quantitative estimate of drug-likeness (QED) is 0.240. The van der Waals surface area contributed by atoms with Crippen LogP contribution in [0, 0.1) is 0 Å². The molecule has 0 aliphatic carbocycles. The van der Waals surface area contributed by atoms with Crippen LogP contribution >= 0.6 is 0 Å². The van der Waals surface area contributed by atoms with Crippen LogP contribution in [-0.4, -0.2) is 0 Å². The first kappa shape index (κ1) is 19.0. The zero-order valence-electron chi connectivity index (χ0n) is 6.00. The van der Waals surface area contributed by atoms with Gasteiger partial charge < -0.3 is 2.85 Å². The third-order valence-corrected chi connectivity index (χ3v) is 0. The van der Waals surface area contributed by atoms with Crippen molar-refractivity contribution >= 4 is 0 Å². The zero-order chi connectivity index (χ0) is 2.00. The van der Waals surface area contributed by atoms with Crippen molar-refractivity contribution in [1.29, 1.82) is 0 Å². The van der Waals surface area contributed by atoms with Crippen LogP contribution in [0.25, 0.3) is 0 Å². The smallest absolute Gasteiger partial charge is 1.00 e. The van der Waals surface area contributed by atoms with Crippen LogP contribution in [-0.2, 0) is 0 Å². The molecule has 0 saturated carbocycles. The maximum Gasteiger partial charge on any atom is 1.00 e. The van der Waals surface area contributed by atoms with Gasteiger partial charge in [-0.05, 0) is 0 Å². The molecular formula is C2H8Li2. The summed E-state index contributed by atoms with van der Waals surface area (Å²) in [5.74, 6) is 0. The van der Waals surface area contributed by atoms with Crippen LogP contribution in [0.3, 0.4) is 0 Å². The minimum absolute atomic E-state index is 0. The van der Waals surface area contributed by atoms with Crippen LogP contribution < -0.4 is 37.7 Å². The summed E-state index contributed by atoms with van der Waals surface area (Å²) in [5.41, 5.74) is 0. The molecule has 0 N–H and O–H groups in total. The van der Waals surface area contributed by atoms with E-state index in [0.29, 0.717) is 0 Å². The summed E-state index contributed by atoms with van der Waals surface area (Å²) in [7, 11) is 0. The Balaban J connectivity index is -0.000000000833. The summed E-state index contributed by atoms with van der Waals surface area (Å²) in [6.07, 6.45) is 0. The minimum atomic E-state index is 0. The topological polar surface area (TPSA) is 0 Å². The van der Waals surface area contributed by atoms with E-state index in [1.807, 2.05) is 13.8 Å². The predicted molar refractivity (Wildman–Crippen MR) is 13.6 cm³/mol. The third kappa shape index (κ3) is 10.8. The fraction of sp³-hybridized carbons (Fsp3) is 1.00. The van der Waals surface area contributed by atoms with Gasteiger partial charge in [0.2, 0.25) is 0 Å². The molecular weight excluding hydrogens is 37.9 g/mol. The van der Waals surface area contributed by atoms with E-state index < -0.39 is 0 Å². The minimum Gasteiger partial charge on any atom is -1.00 e. The van der Waals surface area contributed by atoms with Gasteiger partial charge in [0.25, 0.3) is 0 Å². The van der Waals surface area contributed by atoms with Gasteiger partial charge in [0, 0.05) is 0 Å². The van der Waals surface area contributed by atoms with Crippen LogP contribution in [0.2, 0.25) is 0 Å². The predicted octanol–water partition coefficient (Wildman–Crippen LogP) is -4.74. The fourth-order valence-corrected chi connectivity index (χ4v) is 0. The Morgan fingerprint density at radius 2 is 1.00 bits per heavy atom. The Bertz CT molecular complexity index is 9.51. The molecule has 0 aromatic rings. The molecule has 0 aromatic heterocycles. The second kappa shape index (κ2) is 30.0. The normalized spacial score (nSPS) is 1.50. The molecule has 0 aliphatic rings. The number of hydrogen-bond donors (Lipinski definition) is 0. The molecule has 0 nitrogen and oxygen atoms in total. The van der Waals surface area contributed by atoms with Gasteiger partial charge in [0.15, 0.2) is 0 Å². The molecule has 2 heteroatoms. The van der Waals surface area contributed by atoms with Crippen LogP contribution in [0.4, 0.5) is 0 Å². The summed E-state index contributed by atoms with van der Waals surface area (Å²) in [6, 6.07) is 0. The van der Waals surface area contributed by atoms with Crippen molar-refractivity contribution in [2.75, 3.05) is 0 Å². The van der Waals surface area contributed by atoms with E-state index in [1.165, 1.54) is 0 Å². The SMILES string of the molecule is CC.[H-].[H-].[Li+].[Li+]. The Morgan fingerprint density at radius 1 is 1.00 bits per heavy atom. The molecule has 0 saturated heterocycles. The van der Waals surface area contributed by atoms with Crippen molar-refractivity contribution in [1.82, 2.24) is 0 Å². The Morgan fingerprint density at radius 3 is 1.00 bits per heavy atom. The Kier molecular flexibility index (Phi) is 142. The van der Waals surface area contributed by atoms with E-state index in [2.05, 4.69) is 0 Å². The Labute approximate surface area is 54.7 Å². The zero-order valence-corrected chi connectivity index (χ0v) is 4.00. The Hall–Kier alpha value is 1.19. The molecule has 0 fully saturated rings. The fourth-order valence-electron chi connectivity index (χ4n) is 0. The van der Waals surface area contributed by atoms with Crippen LogP contribution in [0.5, 0.6) is 0 Å². The van der Waals surface area contributed by atoms with Crippen molar-refractivity contribution in [2.45, 2.75) is 13.8 Å². The molecule has 0 rings (SSSR count). The second-order valence-corrected chi connectivity index (χ2v) is 0. The maximum atomic E-state index is 2.00. The van der Waals surface area contributed by atoms with E-state index in [-0.39, 0.29) is 40.6 Å². The monoisotopic (exact) mass is 46.1 g/mol. The molecule has 0 unspecified atom stereocenters. The van der Waals surface area contributed by atoms with Gasteiger partial charge in [-0.1, -0.05) is 13.8 Å². The summed E-state index contributed by atoms with van der Waals surface area (Å²) in [4.78, 5) is 0. The van der Waals surface area contributed by atoms with Crippen molar-refractivity contribution in [2.24, 2.45) is 0 Å². The van der Waals surface area contributed by atoms with Gasteiger partial charge in [-0.15, -0.1) is 0 Å². The van der Waals surface area contributed by atoms with E-state index in [0.717, 1.165) is 0 Å². The molecule has 0 radical (unpaired) electrons. The van der Waals surface area contributed by atoms with Crippen LogP contribution in [0.15, 0.2) is 0 Å². The van der Waals surface area contributed by atoms with Crippen LogP contribution in [0.1, 0.15) is 16.7 Å².